The van der Waals surface area contributed by atoms with Gasteiger partial charge in [-0.15, -0.1) is 0 Å². The van der Waals surface area contributed by atoms with Crippen molar-refractivity contribution < 1.29 is 19.1 Å². The molecule has 0 bridgehead atoms. The topological polar surface area (TPSA) is 67.9 Å². The second-order valence-corrected chi connectivity index (χ2v) is 7.52. The Hall–Kier alpha value is -3.02. The maximum atomic E-state index is 13.0. The molecule has 160 valence electrons. The number of benzene rings is 2. The van der Waals surface area contributed by atoms with Crippen LogP contribution < -0.4 is 14.8 Å². The SMILES string of the molecule is CCCN(CC(=O)Nc1ccccc1OC)C(=O)c1ccc(OC2CCCC2)cc1. The van der Waals surface area contributed by atoms with Gasteiger partial charge in [-0.2, -0.15) is 0 Å². The van der Waals surface area contributed by atoms with Crippen LogP contribution in [-0.4, -0.2) is 43.0 Å². The largest absolute Gasteiger partial charge is 0.495 e. The molecule has 3 rings (SSSR count). The van der Waals surface area contributed by atoms with Crippen LogP contribution >= 0.6 is 0 Å². The Bertz CT molecular complexity index is 845. The number of anilines is 1. The van der Waals surface area contributed by atoms with Crippen LogP contribution in [0.15, 0.2) is 48.5 Å². The van der Waals surface area contributed by atoms with Gasteiger partial charge in [0.15, 0.2) is 0 Å². The second-order valence-electron chi connectivity index (χ2n) is 7.52. The molecule has 2 amide bonds. The van der Waals surface area contributed by atoms with Crippen molar-refractivity contribution in [1.82, 2.24) is 4.90 Å². The molecule has 0 radical (unpaired) electrons. The fourth-order valence-corrected chi connectivity index (χ4v) is 3.69. The van der Waals surface area contributed by atoms with E-state index in [0.717, 1.165) is 25.0 Å². The fraction of sp³-hybridized carbons (Fsp3) is 0.417. The lowest BCUT2D eigenvalue weighted by Crippen LogP contribution is -2.38. The van der Waals surface area contributed by atoms with Crippen LogP contribution in [-0.2, 0) is 4.79 Å². The van der Waals surface area contributed by atoms with E-state index in [2.05, 4.69) is 5.32 Å². The Balaban J connectivity index is 1.62. The number of ether oxygens (including phenoxy) is 2. The summed E-state index contributed by atoms with van der Waals surface area (Å²) in [6.07, 6.45) is 5.64. The molecule has 0 heterocycles. The summed E-state index contributed by atoms with van der Waals surface area (Å²) in [6.45, 7) is 2.46. The van der Waals surface area contributed by atoms with Gasteiger partial charge >= 0.3 is 0 Å². The summed E-state index contributed by atoms with van der Waals surface area (Å²) in [6, 6.07) is 14.4. The summed E-state index contributed by atoms with van der Waals surface area (Å²) in [5.41, 5.74) is 1.13. The van der Waals surface area contributed by atoms with Crippen molar-refractivity contribution in [2.75, 3.05) is 25.5 Å². The van der Waals surface area contributed by atoms with Gasteiger partial charge in [0.05, 0.1) is 18.9 Å². The minimum atomic E-state index is -0.262. The molecule has 6 heteroatoms. The number of amides is 2. The van der Waals surface area contributed by atoms with Gasteiger partial charge in [0, 0.05) is 12.1 Å². The number of rotatable bonds is 9. The molecule has 2 aromatic rings. The van der Waals surface area contributed by atoms with Crippen molar-refractivity contribution >= 4 is 17.5 Å². The average molecular weight is 411 g/mol. The molecule has 1 fully saturated rings. The van der Waals surface area contributed by atoms with E-state index in [4.69, 9.17) is 9.47 Å². The predicted octanol–water partition coefficient (Wildman–Crippen LogP) is 4.51. The van der Waals surface area contributed by atoms with Gasteiger partial charge in [-0.25, -0.2) is 0 Å². The van der Waals surface area contributed by atoms with Crippen LogP contribution in [0.1, 0.15) is 49.4 Å². The van der Waals surface area contributed by atoms with E-state index in [1.807, 2.05) is 31.2 Å². The molecule has 2 aromatic carbocycles. The van der Waals surface area contributed by atoms with Gasteiger partial charge < -0.3 is 19.7 Å². The van der Waals surface area contributed by atoms with E-state index >= 15 is 0 Å². The van der Waals surface area contributed by atoms with Crippen molar-refractivity contribution in [1.29, 1.82) is 0 Å². The zero-order valence-corrected chi connectivity index (χ0v) is 17.7. The predicted molar refractivity (Wildman–Crippen MR) is 117 cm³/mol. The molecule has 0 unspecified atom stereocenters. The van der Waals surface area contributed by atoms with Crippen molar-refractivity contribution in [2.24, 2.45) is 0 Å². The number of para-hydroxylation sites is 2. The third kappa shape index (κ3) is 5.75. The Morgan fingerprint density at radius 3 is 2.43 bits per heavy atom. The summed E-state index contributed by atoms with van der Waals surface area (Å²) in [5.74, 6) is 0.938. The number of nitrogens with zero attached hydrogens (tertiary/aromatic N) is 1. The molecule has 0 aliphatic heterocycles. The van der Waals surface area contributed by atoms with E-state index < -0.39 is 0 Å². The van der Waals surface area contributed by atoms with E-state index in [1.165, 1.54) is 12.8 Å². The minimum Gasteiger partial charge on any atom is -0.495 e. The summed E-state index contributed by atoms with van der Waals surface area (Å²) in [7, 11) is 1.55. The van der Waals surface area contributed by atoms with Crippen molar-refractivity contribution in [3.63, 3.8) is 0 Å². The Morgan fingerprint density at radius 1 is 1.07 bits per heavy atom. The lowest BCUT2D eigenvalue weighted by molar-refractivity contribution is -0.116. The standard InChI is InChI=1S/C24H30N2O4/c1-3-16-26(17-23(27)25-21-10-6-7-11-22(21)29-2)24(28)18-12-14-20(15-13-18)30-19-8-4-5-9-19/h6-7,10-15,19H,3-5,8-9,16-17H2,1-2H3,(H,25,27). The highest BCUT2D eigenvalue weighted by atomic mass is 16.5. The lowest BCUT2D eigenvalue weighted by atomic mass is 10.1. The molecule has 30 heavy (non-hydrogen) atoms. The van der Waals surface area contributed by atoms with Crippen LogP contribution in [0.3, 0.4) is 0 Å². The highest BCUT2D eigenvalue weighted by Gasteiger charge is 2.20. The summed E-state index contributed by atoms with van der Waals surface area (Å²) >= 11 is 0. The van der Waals surface area contributed by atoms with E-state index in [9.17, 15) is 9.59 Å². The van der Waals surface area contributed by atoms with Crippen LogP contribution in [0.25, 0.3) is 0 Å². The molecule has 0 atom stereocenters. The smallest absolute Gasteiger partial charge is 0.254 e. The molecule has 6 nitrogen and oxygen atoms in total. The summed E-state index contributed by atoms with van der Waals surface area (Å²) in [5, 5.41) is 2.83. The molecule has 0 spiro atoms. The first-order valence-corrected chi connectivity index (χ1v) is 10.6. The number of hydrogen-bond donors (Lipinski definition) is 1. The molecule has 1 saturated carbocycles. The van der Waals surface area contributed by atoms with E-state index in [1.54, 1.807) is 36.3 Å². The first-order chi connectivity index (χ1) is 14.6. The van der Waals surface area contributed by atoms with Gasteiger partial charge in [-0.1, -0.05) is 19.1 Å². The molecule has 0 aromatic heterocycles. The van der Waals surface area contributed by atoms with Gasteiger partial charge in [-0.05, 0) is 68.5 Å². The number of carbonyl (C=O) groups excluding carboxylic acids is 2. The van der Waals surface area contributed by atoms with Crippen molar-refractivity contribution in [2.45, 2.75) is 45.1 Å². The fourth-order valence-electron chi connectivity index (χ4n) is 3.69. The summed E-state index contributed by atoms with van der Waals surface area (Å²) in [4.78, 5) is 27.1. The van der Waals surface area contributed by atoms with Gasteiger partial charge in [0.1, 0.15) is 18.0 Å². The van der Waals surface area contributed by atoms with E-state index in [-0.39, 0.29) is 24.5 Å². The molecule has 1 N–H and O–H groups in total. The Morgan fingerprint density at radius 2 is 1.77 bits per heavy atom. The maximum Gasteiger partial charge on any atom is 0.254 e. The highest BCUT2D eigenvalue weighted by Crippen LogP contribution is 2.25. The van der Waals surface area contributed by atoms with Crippen LogP contribution in [0, 0.1) is 0 Å². The number of hydrogen-bond acceptors (Lipinski definition) is 4. The molecule has 1 aliphatic rings. The van der Waals surface area contributed by atoms with Crippen molar-refractivity contribution in [3.05, 3.63) is 54.1 Å². The number of carbonyl (C=O) groups is 2. The van der Waals surface area contributed by atoms with Gasteiger partial charge in [0.2, 0.25) is 5.91 Å². The molecule has 0 saturated heterocycles. The number of nitrogens with one attached hydrogen (secondary N) is 1. The zero-order chi connectivity index (χ0) is 21.3. The van der Waals surface area contributed by atoms with Crippen molar-refractivity contribution in [3.8, 4) is 11.5 Å². The zero-order valence-electron chi connectivity index (χ0n) is 17.7. The summed E-state index contributed by atoms with van der Waals surface area (Å²) < 4.78 is 11.2. The third-order valence-electron chi connectivity index (χ3n) is 5.20. The van der Waals surface area contributed by atoms with Gasteiger partial charge in [0.25, 0.3) is 5.91 Å². The van der Waals surface area contributed by atoms with E-state index in [0.29, 0.717) is 23.5 Å². The Kier molecular flexibility index (Phi) is 7.71. The molecule has 1 aliphatic carbocycles. The normalized spacial score (nSPS) is 13.7. The quantitative estimate of drug-likeness (QED) is 0.661. The number of methoxy groups -OCH3 is 1. The van der Waals surface area contributed by atoms with Crippen LogP contribution in [0.2, 0.25) is 0 Å². The minimum absolute atomic E-state index is 0.0228. The third-order valence-corrected chi connectivity index (χ3v) is 5.20. The first kappa shape index (κ1) is 21.7. The first-order valence-electron chi connectivity index (χ1n) is 10.6. The van der Waals surface area contributed by atoms with Crippen LogP contribution in [0.5, 0.6) is 11.5 Å². The highest BCUT2D eigenvalue weighted by molar-refractivity contribution is 5.99. The lowest BCUT2D eigenvalue weighted by Gasteiger charge is -2.22. The average Bonchev–Trinajstić information content (AvgIpc) is 3.27. The monoisotopic (exact) mass is 410 g/mol. The Labute approximate surface area is 178 Å². The van der Waals surface area contributed by atoms with Crippen LogP contribution in [0.4, 0.5) is 5.69 Å². The molecular formula is C24H30N2O4. The van der Waals surface area contributed by atoms with Gasteiger partial charge in [-0.3, -0.25) is 9.59 Å². The maximum absolute atomic E-state index is 13.0. The molecular weight excluding hydrogens is 380 g/mol. The second kappa shape index (κ2) is 10.7.